The number of hydrogen-bond acceptors (Lipinski definition) is 4. The topological polar surface area (TPSA) is 77.8 Å². The predicted octanol–water partition coefficient (Wildman–Crippen LogP) is 2.71. The SMILES string of the molecule is O=C(O)[C@@H]1CN(C(=O)c2ccc(SCCO)cc2)C[C@H]1c1ccccc1. The van der Waals surface area contributed by atoms with Crippen molar-refractivity contribution in [3.8, 4) is 0 Å². The summed E-state index contributed by atoms with van der Waals surface area (Å²) >= 11 is 1.52. The van der Waals surface area contributed by atoms with E-state index in [2.05, 4.69) is 0 Å². The van der Waals surface area contributed by atoms with E-state index in [1.54, 1.807) is 17.0 Å². The Labute approximate surface area is 156 Å². The molecule has 1 aliphatic rings. The Morgan fingerprint density at radius 2 is 1.73 bits per heavy atom. The first kappa shape index (κ1) is 18.5. The predicted molar refractivity (Wildman–Crippen MR) is 100 cm³/mol. The zero-order chi connectivity index (χ0) is 18.5. The number of nitrogens with zero attached hydrogens (tertiary/aromatic N) is 1. The summed E-state index contributed by atoms with van der Waals surface area (Å²) in [5, 5.41) is 18.4. The van der Waals surface area contributed by atoms with Crippen molar-refractivity contribution in [3.63, 3.8) is 0 Å². The van der Waals surface area contributed by atoms with E-state index in [9.17, 15) is 14.7 Å². The number of amides is 1. The van der Waals surface area contributed by atoms with Gasteiger partial charge in [-0.3, -0.25) is 9.59 Å². The Kier molecular flexibility index (Phi) is 5.96. The molecule has 2 atom stereocenters. The molecule has 0 aromatic heterocycles. The minimum atomic E-state index is -0.870. The van der Waals surface area contributed by atoms with E-state index in [0.717, 1.165) is 10.5 Å². The first-order chi connectivity index (χ1) is 12.6. The van der Waals surface area contributed by atoms with Gasteiger partial charge >= 0.3 is 5.97 Å². The number of likely N-dealkylation sites (tertiary alicyclic amines) is 1. The third-order valence-electron chi connectivity index (χ3n) is 4.61. The first-order valence-electron chi connectivity index (χ1n) is 8.51. The van der Waals surface area contributed by atoms with Gasteiger partial charge in [0.15, 0.2) is 0 Å². The molecule has 0 bridgehead atoms. The molecule has 5 nitrogen and oxygen atoms in total. The van der Waals surface area contributed by atoms with Crippen LogP contribution in [0, 0.1) is 5.92 Å². The normalized spacial score (nSPS) is 19.5. The summed E-state index contributed by atoms with van der Waals surface area (Å²) in [5.74, 6) is -1.20. The number of aliphatic hydroxyl groups excluding tert-OH is 1. The second kappa shape index (κ2) is 8.38. The molecule has 2 aromatic rings. The van der Waals surface area contributed by atoms with Gasteiger partial charge in [-0.2, -0.15) is 0 Å². The lowest BCUT2D eigenvalue weighted by Gasteiger charge is -2.17. The van der Waals surface area contributed by atoms with Gasteiger partial charge in [0, 0.05) is 35.2 Å². The number of aliphatic hydroxyl groups is 1. The van der Waals surface area contributed by atoms with Gasteiger partial charge in [-0.25, -0.2) is 0 Å². The van der Waals surface area contributed by atoms with Crippen molar-refractivity contribution in [3.05, 3.63) is 65.7 Å². The summed E-state index contributed by atoms with van der Waals surface area (Å²) in [5.41, 5.74) is 1.50. The van der Waals surface area contributed by atoms with Gasteiger partial charge in [0.05, 0.1) is 12.5 Å². The van der Waals surface area contributed by atoms with E-state index in [1.165, 1.54) is 11.8 Å². The summed E-state index contributed by atoms with van der Waals surface area (Å²) in [6.07, 6.45) is 0. The van der Waals surface area contributed by atoms with Crippen LogP contribution in [0.4, 0.5) is 0 Å². The van der Waals surface area contributed by atoms with Crippen molar-refractivity contribution in [1.82, 2.24) is 4.90 Å². The van der Waals surface area contributed by atoms with Crippen LogP contribution < -0.4 is 0 Å². The molecule has 0 radical (unpaired) electrons. The number of carboxylic acid groups (broad SMARTS) is 1. The Balaban J connectivity index is 1.75. The van der Waals surface area contributed by atoms with Crippen molar-refractivity contribution in [2.24, 2.45) is 5.92 Å². The van der Waals surface area contributed by atoms with E-state index in [1.807, 2.05) is 42.5 Å². The molecule has 0 unspecified atom stereocenters. The fourth-order valence-corrected chi connectivity index (χ4v) is 3.95. The number of carbonyl (C=O) groups excluding carboxylic acids is 1. The lowest BCUT2D eigenvalue weighted by molar-refractivity contribution is -0.141. The quantitative estimate of drug-likeness (QED) is 0.764. The van der Waals surface area contributed by atoms with Gasteiger partial charge in [0.1, 0.15) is 0 Å². The number of aliphatic carboxylic acids is 1. The summed E-state index contributed by atoms with van der Waals surface area (Å²) < 4.78 is 0. The minimum absolute atomic E-state index is 0.108. The highest BCUT2D eigenvalue weighted by Crippen LogP contribution is 2.33. The smallest absolute Gasteiger partial charge is 0.308 e. The lowest BCUT2D eigenvalue weighted by Crippen LogP contribution is -2.29. The molecule has 1 amide bonds. The van der Waals surface area contributed by atoms with E-state index < -0.39 is 11.9 Å². The highest BCUT2D eigenvalue weighted by Gasteiger charge is 2.40. The van der Waals surface area contributed by atoms with Gasteiger partial charge in [-0.1, -0.05) is 30.3 Å². The van der Waals surface area contributed by atoms with Crippen LogP contribution in [0.25, 0.3) is 0 Å². The number of hydrogen-bond donors (Lipinski definition) is 2. The molecule has 0 aliphatic carbocycles. The molecule has 0 spiro atoms. The number of carboxylic acids is 1. The van der Waals surface area contributed by atoms with Crippen LogP contribution in [0.5, 0.6) is 0 Å². The minimum Gasteiger partial charge on any atom is -0.481 e. The molecule has 2 aromatic carbocycles. The Morgan fingerprint density at radius 1 is 1.04 bits per heavy atom. The average Bonchev–Trinajstić information content (AvgIpc) is 3.13. The molecule has 6 heteroatoms. The molecular formula is C20H21NO4S. The summed E-state index contributed by atoms with van der Waals surface area (Å²) in [7, 11) is 0. The standard InChI is InChI=1S/C20H21NO4S/c22-10-11-26-16-8-6-15(7-9-16)19(23)21-12-17(18(13-21)20(24)25)14-4-2-1-3-5-14/h1-9,17-18,22H,10-13H2,(H,24,25)/t17-,18+/m0/s1. The van der Waals surface area contributed by atoms with Crippen LogP contribution in [0.3, 0.4) is 0 Å². The molecule has 0 saturated carbocycles. The van der Waals surface area contributed by atoms with E-state index >= 15 is 0 Å². The van der Waals surface area contributed by atoms with Crippen molar-refractivity contribution in [1.29, 1.82) is 0 Å². The van der Waals surface area contributed by atoms with Crippen LogP contribution in [0.1, 0.15) is 21.8 Å². The fourth-order valence-electron chi connectivity index (χ4n) is 3.30. The van der Waals surface area contributed by atoms with E-state index in [4.69, 9.17) is 5.11 Å². The molecular weight excluding hydrogens is 350 g/mol. The molecule has 2 N–H and O–H groups in total. The second-order valence-corrected chi connectivity index (χ2v) is 7.44. The number of carbonyl (C=O) groups is 2. The Bertz CT molecular complexity index is 763. The first-order valence-corrected chi connectivity index (χ1v) is 9.49. The van der Waals surface area contributed by atoms with Crippen molar-refractivity contribution in [2.75, 3.05) is 25.4 Å². The summed E-state index contributed by atoms with van der Waals surface area (Å²) in [6.45, 7) is 0.728. The van der Waals surface area contributed by atoms with Crippen molar-refractivity contribution >= 4 is 23.6 Å². The fraction of sp³-hybridized carbons (Fsp3) is 0.300. The molecule has 3 rings (SSSR count). The third kappa shape index (κ3) is 4.08. The van der Waals surface area contributed by atoms with Crippen molar-refractivity contribution < 1.29 is 19.8 Å². The zero-order valence-electron chi connectivity index (χ0n) is 14.2. The summed E-state index contributed by atoms with van der Waals surface area (Å²) in [6, 6.07) is 16.7. The number of rotatable bonds is 6. The largest absolute Gasteiger partial charge is 0.481 e. The molecule has 1 heterocycles. The van der Waals surface area contributed by atoms with Gasteiger partial charge < -0.3 is 15.1 Å². The zero-order valence-corrected chi connectivity index (χ0v) is 15.1. The molecule has 1 fully saturated rings. The number of thioether (sulfide) groups is 1. The molecule has 1 aliphatic heterocycles. The maximum absolute atomic E-state index is 12.8. The van der Waals surface area contributed by atoms with Crippen LogP contribution in [-0.4, -0.2) is 52.4 Å². The number of benzene rings is 2. The molecule has 136 valence electrons. The van der Waals surface area contributed by atoms with Crippen LogP contribution in [0.2, 0.25) is 0 Å². The Morgan fingerprint density at radius 3 is 2.35 bits per heavy atom. The monoisotopic (exact) mass is 371 g/mol. The van der Waals surface area contributed by atoms with Gasteiger partial charge in [0.25, 0.3) is 5.91 Å². The highest BCUT2D eigenvalue weighted by atomic mass is 32.2. The molecule has 1 saturated heterocycles. The van der Waals surface area contributed by atoms with Crippen LogP contribution in [0.15, 0.2) is 59.5 Å². The van der Waals surface area contributed by atoms with Gasteiger partial charge in [-0.15, -0.1) is 11.8 Å². The second-order valence-electron chi connectivity index (χ2n) is 6.27. The average molecular weight is 371 g/mol. The van der Waals surface area contributed by atoms with E-state index in [0.29, 0.717) is 17.9 Å². The van der Waals surface area contributed by atoms with Crippen LogP contribution >= 0.6 is 11.8 Å². The lowest BCUT2D eigenvalue weighted by atomic mass is 9.89. The summed E-state index contributed by atoms with van der Waals surface area (Å²) in [4.78, 5) is 27.1. The van der Waals surface area contributed by atoms with Crippen molar-refractivity contribution in [2.45, 2.75) is 10.8 Å². The van der Waals surface area contributed by atoms with Gasteiger partial charge in [0.2, 0.25) is 0 Å². The maximum atomic E-state index is 12.8. The Hall–Kier alpha value is -2.31. The third-order valence-corrected chi connectivity index (χ3v) is 5.61. The van der Waals surface area contributed by atoms with Crippen LogP contribution in [-0.2, 0) is 4.79 Å². The molecule has 26 heavy (non-hydrogen) atoms. The maximum Gasteiger partial charge on any atom is 0.308 e. The van der Waals surface area contributed by atoms with E-state index in [-0.39, 0.29) is 25.0 Å². The van der Waals surface area contributed by atoms with Gasteiger partial charge in [-0.05, 0) is 29.8 Å². The highest BCUT2D eigenvalue weighted by molar-refractivity contribution is 7.99.